The average molecular weight is 396 g/mol. The first-order valence-corrected chi connectivity index (χ1v) is 9.54. The van der Waals surface area contributed by atoms with Gasteiger partial charge in [-0.15, -0.1) is 0 Å². The predicted molar refractivity (Wildman–Crippen MR) is 106 cm³/mol. The van der Waals surface area contributed by atoms with Crippen LogP contribution < -0.4 is 5.32 Å². The first kappa shape index (κ1) is 19.1. The highest BCUT2D eigenvalue weighted by molar-refractivity contribution is 7.80. The minimum Gasteiger partial charge on any atom is -0.358 e. The number of thiocarbonyl (C=S) groups is 1. The van der Waals surface area contributed by atoms with E-state index in [9.17, 15) is 4.39 Å². The molecule has 1 N–H and O–H groups in total. The Kier molecular flexibility index (Phi) is 6.45. The number of hydrogen-bond donors (Lipinski definition) is 1. The Bertz CT molecular complexity index is 758. The van der Waals surface area contributed by atoms with E-state index < -0.39 is 0 Å². The van der Waals surface area contributed by atoms with Gasteiger partial charge in [-0.05, 0) is 36.8 Å². The Morgan fingerprint density at radius 3 is 2.73 bits per heavy atom. The number of aromatic nitrogens is 2. The van der Waals surface area contributed by atoms with Crippen LogP contribution in [0.25, 0.3) is 0 Å². The molecule has 8 heteroatoms. The number of benzene rings is 1. The smallest absolute Gasteiger partial charge is 0.169 e. The van der Waals surface area contributed by atoms with Crippen molar-refractivity contribution in [1.29, 1.82) is 0 Å². The number of piperazine rings is 1. The van der Waals surface area contributed by atoms with E-state index in [0.717, 1.165) is 55.5 Å². The maximum Gasteiger partial charge on any atom is 0.169 e. The first-order chi connectivity index (χ1) is 12.5. The van der Waals surface area contributed by atoms with Gasteiger partial charge in [0, 0.05) is 62.6 Å². The van der Waals surface area contributed by atoms with Crippen LogP contribution in [-0.4, -0.2) is 50.9 Å². The van der Waals surface area contributed by atoms with Gasteiger partial charge in [0.05, 0.1) is 6.20 Å². The maximum atomic E-state index is 13.2. The standard InChI is InChI=1S/C18H23ClFN5S/c1-2-25-12-14(11-22-25)10-21-18(26)24-7-5-23(6-8-24)13-15-3-4-16(20)9-17(15)19/h3-4,9,11-12H,2,5-8,10,13H2,1H3,(H,21,26). The van der Waals surface area contributed by atoms with E-state index in [2.05, 4.69) is 27.1 Å². The number of nitrogens with zero attached hydrogens (tertiary/aromatic N) is 4. The molecule has 0 atom stereocenters. The van der Waals surface area contributed by atoms with Gasteiger partial charge >= 0.3 is 0 Å². The minimum atomic E-state index is -0.301. The molecule has 0 saturated carbocycles. The lowest BCUT2D eigenvalue weighted by Gasteiger charge is -2.36. The summed E-state index contributed by atoms with van der Waals surface area (Å²) in [6.07, 6.45) is 3.89. The van der Waals surface area contributed by atoms with Gasteiger partial charge in [-0.25, -0.2) is 4.39 Å². The largest absolute Gasteiger partial charge is 0.358 e. The van der Waals surface area contributed by atoms with Gasteiger partial charge in [0.1, 0.15) is 5.82 Å². The number of rotatable bonds is 5. The van der Waals surface area contributed by atoms with Crippen molar-refractivity contribution in [3.8, 4) is 0 Å². The second-order valence-electron chi connectivity index (χ2n) is 6.36. The maximum absolute atomic E-state index is 13.2. The lowest BCUT2D eigenvalue weighted by molar-refractivity contribution is 0.174. The molecule has 5 nitrogen and oxygen atoms in total. The number of nitrogens with one attached hydrogen (secondary N) is 1. The van der Waals surface area contributed by atoms with Crippen molar-refractivity contribution in [2.45, 2.75) is 26.6 Å². The molecule has 0 radical (unpaired) electrons. The molecular weight excluding hydrogens is 373 g/mol. The second kappa shape index (κ2) is 8.79. The summed E-state index contributed by atoms with van der Waals surface area (Å²) in [6, 6.07) is 4.58. The van der Waals surface area contributed by atoms with Gasteiger partial charge in [-0.3, -0.25) is 9.58 Å². The molecule has 140 valence electrons. The van der Waals surface area contributed by atoms with Crippen LogP contribution in [0.5, 0.6) is 0 Å². The number of aryl methyl sites for hydroxylation is 1. The minimum absolute atomic E-state index is 0.301. The van der Waals surface area contributed by atoms with E-state index in [1.807, 2.05) is 17.1 Å². The Balaban J connectivity index is 1.44. The van der Waals surface area contributed by atoms with Crippen molar-refractivity contribution in [3.63, 3.8) is 0 Å². The SMILES string of the molecule is CCn1cc(CNC(=S)N2CCN(Cc3ccc(F)cc3Cl)CC2)cn1. The van der Waals surface area contributed by atoms with Gasteiger partial charge in [0.2, 0.25) is 0 Å². The third-order valence-electron chi connectivity index (χ3n) is 4.52. The van der Waals surface area contributed by atoms with Crippen LogP contribution >= 0.6 is 23.8 Å². The molecule has 0 spiro atoms. The molecule has 0 bridgehead atoms. The summed E-state index contributed by atoms with van der Waals surface area (Å²) >= 11 is 11.6. The molecule has 1 aromatic carbocycles. The monoisotopic (exact) mass is 395 g/mol. The van der Waals surface area contributed by atoms with E-state index >= 15 is 0 Å². The fourth-order valence-electron chi connectivity index (χ4n) is 2.96. The van der Waals surface area contributed by atoms with Gasteiger partial charge in [-0.1, -0.05) is 17.7 Å². The van der Waals surface area contributed by atoms with Crippen molar-refractivity contribution in [1.82, 2.24) is 24.9 Å². The normalized spacial score (nSPS) is 15.3. The lowest BCUT2D eigenvalue weighted by Crippen LogP contribution is -2.51. The molecule has 1 aliphatic heterocycles. The van der Waals surface area contributed by atoms with Crippen LogP contribution in [0, 0.1) is 5.82 Å². The van der Waals surface area contributed by atoms with Crippen LogP contribution in [0.3, 0.4) is 0 Å². The third-order valence-corrected chi connectivity index (χ3v) is 5.28. The number of hydrogen-bond acceptors (Lipinski definition) is 3. The molecule has 26 heavy (non-hydrogen) atoms. The van der Waals surface area contributed by atoms with Crippen LogP contribution in [-0.2, 0) is 19.6 Å². The Hall–Kier alpha value is -1.70. The molecule has 0 amide bonds. The first-order valence-electron chi connectivity index (χ1n) is 8.75. The topological polar surface area (TPSA) is 36.3 Å². The zero-order valence-corrected chi connectivity index (χ0v) is 16.4. The fourth-order valence-corrected chi connectivity index (χ4v) is 3.44. The molecule has 2 aromatic rings. The summed E-state index contributed by atoms with van der Waals surface area (Å²) in [5.41, 5.74) is 2.08. The highest BCUT2D eigenvalue weighted by atomic mass is 35.5. The molecule has 3 rings (SSSR count). The van der Waals surface area contributed by atoms with Gasteiger partial charge in [0.15, 0.2) is 5.11 Å². The summed E-state index contributed by atoms with van der Waals surface area (Å²) in [5.74, 6) is -0.301. The average Bonchev–Trinajstić information content (AvgIpc) is 3.11. The molecule has 2 heterocycles. The third kappa shape index (κ3) is 4.93. The summed E-state index contributed by atoms with van der Waals surface area (Å²) < 4.78 is 15.1. The summed E-state index contributed by atoms with van der Waals surface area (Å²) in [5, 5.41) is 8.83. The van der Waals surface area contributed by atoms with Crippen molar-refractivity contribution in [2.24, 2.45) is 0 Å². The van der Waals surface area contributed by atoms with Gasteiger partial charge in [0.25, 0.3) is 0 Å². The van der Waals surface area contributed by atoms with Gasteiger partial charge < -0.3 is 10.2 Å². The van der Waals surface area contributed by atoms with Crippen LogP contribution in [0.1, 0.15) is 18.1 Å². The van der Waals surface area contributed by atoms with E-state index in [4.69, 9.17) is 23.8 Å². The molecular formula is C18H23ClFN5S. The number of halogens is 2. The zero-order valence-electron chi connectivity index (χ0n) is 14.8. The van der Waals surface area contributed by atoms with E-state index in [-0.39, 0.29) is 5.82 Å². The molecule has 0 unspecified atom stereocenters. The summed E-state index contributed by atoms with van der Waals surface area (Å²) in [7, 11) is 0. The molecule has 1 aromatic heterocycles. The van der Waals surface area contributed by atoms with Gasteiger partial charge in [-0.2, -0.15) is 5.10 Å². The fraction of sp³-hybridized carbons (Fsp3) is 0.444. The van der Waals surface area contributed by atoms with Crippen LogP contribution in [0.15, 0.2) is 30.6 Å². The van der Waals surface area contributed by atoms with Crippen molar-refractivity contribution in [2.75, 3.05) is 26.2 Å². The second-order valence-corrected chi connectivity index (χ2v) is 7.16. The van der Waals surface area contributed by atoms with Crippen molar-refractivity contribution < 1.29 is 4.39 Å². The molecule has 1 saturated heterocycles. The van der Waals surface area contributed by atoms with Crippen LogP contribution in [0.2, 0.25) is 5.02 Å². The Morgan fingerprint density at radius 2 is 2.08 bits per heavy atom. The van der Waals surface area contributed by atoms with Crippen molar-refractivity contribution >= 4 is 28.9 Å². The van der Waals surface area contributed by atoms with Crippen LogP contribution in [0.4, 0.5) is 4.39 Å². The summed E-state index contributed by atoms with van der Waals surface area (Å²) in [4.78, 5) is 4.49. The lowest BCUT2D eigenvalue weighted by atomic mass is 10.2. The molecule has 1 fully saturated rings. The Morgan fingerprint density at radius 1 is 1.31 bits per heavy atom. The Labute approximate surface area is 163 Å². The highest BCUT2D eigenvalue weighted by Crippen LogP contribution is 2.19. The zero-order chi connectivity index (χ0) is 18.5. The highest BCUT2D eigenvalue weighted by Gasteiger charge is 2.19. The van der Waals surface area contributed by atoms with E-state index in [1.54, 1.807) is 6.07 Å². The van der Waals surface area contributed by atoms with E-state index in [1.165, 1.54) is 12.1 Å². The predicted octanol–water partition coefficient (Wildman–Crippen LogP) is 2.89. The quantitative estimate of drug-likeness (QED) is 0.788. The van der Waals surface area contributed by atoms with E-state index in [0.29, 0.717) is 11.6 Å². The molecule has 1 aliphatic rings. The van der Waals surface area contributed by atoms with Crippen molar-refractivity contribution in [3.05, 3.63) is 52.6 Å². The summed E-state index contributed by atoms with van der Waals surface area (Å²) in [6.45, 7) is 7.84. The molecule has 0 aliphatic carbocycles.